The molecule has 190 valence electrons. The Balaban J connectivity index is 1.95. The average molecular weight is 502 g/mol. The highest BCUT2D eigenvalue weighted by Crippen LogP contribution is 2.31. The first-order valence-corrected chi connectivity index (χ1v) is 11.5. The molecule has 2 heterocycles. The molecule has 0 aliphatic carbocycles. The van der Waals surface area contributed by atoms with E-state index in [0.29, 0.717) is 45.1 Å². The normalized spacial score (nSPS) is 11.3. The fourth-order valence-corrected chi connectivity index (χ4v) is 3.74. The van der Waals surface area contributed by atoms with Gasteiger partial charge in [-0.05, 0) is 49.7 Å². The standard InChI is InChI=1S/C28H27N3O6/c1-16-7-6-8-20(11-16)30-27(33)23-13-22-19(15-36-18(3)32)14-29-17(2)26(22)37-28(23)31-24-12-21(34-4)9-10-25(24)35-5/h6-14H,15H2,1-5H3,(H,30,33). The number of hydrogen-bond donors (Lipinski definition) is 1. The number of esters is 1. The molecule has 9 nitrogen and oxygen atoms in total. The van der Waals surface area contributed by atoms with Crippen molar-refractivity contribution in [1.29, 1.82) is 0 Å². The highest BCUT2D eigenvalue weighted by atomic mass is 16.5. The summed E-state index contributed by atoms with van der Waals surface area (Å²) in [6.07, 6.45) is 1.60. The van der Waals surface area contributed by atoms with Gasteiger partial charge in [0.15, 0.2) is 5.58 Å². The molecule has 9 heteroatoms. The molecule has 0 aliphatic heterocycles. The zero-order chi connectivity index (χ0) is 26.5. The molecule has 0 saturated heterocycles. The van der Waals surface area contributed by atoms with Gasteiger partial charge in [0.25, 0.3) is 5.91 Å². The molecule has 37 heavy (non-hydrogen) atoms. The third-order valence-electron chi connectivity index (χ3n) is 5.61. The molecule has 4 rings (SSSR count). The first-order chi connectivity index (χ1) is 17.8. The largest absolute Gasteiger partial charge is 0.497 e. The third kappa shape index (κ3) is 5.78. The van der Waals surface area contributed by atoms with Gasteiger partial charge in [-0.1, -0.05) is 12.1 Å². The Morgan fingerprint density at radius 1 is 1.05 bits per heavy atom. The van der Waals surface area contributed by atoms with E-state index in [2.05, 4.69) is 15.3 Å². The Labute approximate surface area is 213 Å². The van der Waals surface area contributed by atoms with Crippen LogP contribution in [0.15, 0.2) is 64.1 Å². The highest BCUT2D eigenvalue weighted by molar-refractivity contribution is 6.05. The van der Waals surface area contributed by atoms with Crippen molar-refractivity contribution in [3.8, 4) is 11.5 Å². The fraction of sp³-hybridized carbons (Fsp3) is 0.214. The van der Waals surface area contributed by atoms with Crippen molar-refractivity contribution in [3.63, 3.8) is 0 Å². The topological polar surface area (TPSA) is 112 Å². The zero-order valence-corrected chi connectivity index (χ0v) is 21.2. The SMILES string of the molecule is COc1ccc(OC)c(N=c2oc3c(C)ncc(COC(C)=O)c3cc2C(=O)Nc2cccc(C)c2)c1. The summed E-state index contributed by atoms with van der Waals surface area (Å²) in [5.74, 6) is 0.178. The number of benzene rings is 2. The van der Waals surface area contributed by atoms with Gasteiger partial charge in [-0.3, -0.25) is 14.6 Å². The number of rotatable bonds is 7. The summed E-state index contributed by atoms with van der Waals surface area (Å²) in [6.45, 7) is 5.03. The van der Waals surface area contributed by atoms with Crippen molar-refractivity contribution in [2.45, 2.75) is 27.4 Å². The molecule has 1 amide bonds. The maximum atomic E-state index is 13.5. The molecular weight excluding hydrogens is 474 g/mol. The van der Waals surface area contributed by atoms with Crippen LogP contribution in [0.2, 0.25) is 0 Å². The first kappa shape index (κ1) is 25.4. The van der Waals surface area contributed by atoms with Gasteiger partial charge < -0.3 is 23.9 Å². The average Bonchev–Trinajstić information content (AvgIpc) is 2.88. The van der Waals surface area contributed by atoms with Crippen LogP contribution in [0, 0.1) is 13.8 Å². The first-order valence-electron chi connectivity index (χ1n) is 11.5. The summed E-state index contributed by atoms with van der Waals surface area (Å²) in [4.78, 5) is 34.0. The minimum atomic E-state index is -0.431. The monoisotopic (exact) mass is 501 g/mol. The van der Waals surface area contributed by atoms with E-state index in [9.17, 15) is 9.59 Å². The van der Waals surface area contributed by atoms with Crippen LogP contribution in [-0.2, 0) is 16.1 Å². The third-order valence-corrected chi connectivity index (χ3v) is 5.61. The molecule has 0 bridgehead atoms. The van der Waals surface area contributed by atoms with E-state index < -0.39 is 11.9 Å². The Hall–Kier alpha value is -4.66. The number of hydrogen-bond acceptors (Lipinski definition) is 8. The molecule has 2 aromatic carbocycles. The molecule has 4 aromatic rings. The van der Waals surface area contributed by atoms with Gasteiger partial charge in [-0.2, -0.15) is 0 Å². The lowest BCUT2D eigenvalue weighted by Gasteiger charge is -2.12. The second kappa shape index (κ2) is 10.9. The number of ether oxygens (including phenoxy) is 3. The maximum Gasteiger partial charge on any atom is 0.302 e. The predicted molar refractivity (Wildman–Crippen MR) is 138 cm³/mol. The van der Waals surface area contributed by atoms with E-state index in [1.54, 1.807) is 50.6 Å². The number of nitrogens with zero attached hydrogens (tertiary/aromatic N) is 2. The van der Waals surface area contributed by atoms with Crippen molar-refractivity contribution in [2.75, 3.05) is 19.5 Å². The van der Waals surface area contributed by atoms with Crippen LogP contribution < -0.4 is 20.3 Å². The summed E-state index contributed by atoms with van der Waals surface area (Å²) in [7, 11) is 3.07. The van der Waals surface area contributed by atoms with Crippen molar-refractivity contribution in [3.05, 3.63) is 82.7 Å². The number of methoxy groups -OCH3 is 2. The summed E-state index contributed by atoms with van der Waals surface area (Å²) in [5.41, 5.74) is 3.86. The van der Waals surface area contributed by atoms with E-state index in [4.69, 9.17) is 18.6 Å². The molecule has 2 aromatic heterocycles. The van der Waals surface area contributed by atoms with Crippen LogP contribution in [0.25, 0.3) is 11.0 Å². The van der Waals surface area contributed by atoms with E-state index in [0.717, 1.165) is 5.56 Å². The van der Waals surface area contributed by atoms with Crippen LogP contribution >= 0.6 is 0 Å². The molecule has 1 N–H and O–H groups in total. The Kier molecular flexibility index (Phi) is 7.52. The quantitative estimate of drug-likeness (QED) is 0.354. The minimum absolute atomic E-state index is 0.0201. The zero-order valence-electron chi connectivity index (χ0n) is 21.2. The lowest BCUT2D eigenvalue weighted by atomic mass is 10.1. The predicted octanol–water partition coefficient (Wildman–Crippen LogP) is 5.01. The van der Waals surface area contributed by atoms with Crippen molar-refractivity contribution >= 4 is 34.2 Å². The molecule has 0 saturated carbocycles. The summed E-state index contributed by atoms with van der Waals surface area (Å²) in [5, 5.41) is 3.49. The highest BCUT2D eigenvalue weighted by Gasteiger charge is 2.18. The van der Waals surface area contributed by atoms with Crippen LogP contribution in [0.3, 0.4) is 0 Å². The number of carbonyl (C=O) groups is 2. The summed E-state index contributed by atoms with van der Waals surface area (Å²) in [6, 6.07) is 14.3. The number of aromatic nitrogens is 1. The minimum Gasteiger partial charge on any atom is -0.497 e. The van der Waals surface area contributed by atoms with Gasteiger partial charge in [0.1, 0.15) is 29.4 Å². The number of carbonyl (C=O) groups excluding carboxylic acids is 2. The van der Waals surface area contributed by atoms with E-state index in [1.807, 2.05) is 25.1 Å². The van der Waals surface area contributed by atoms with Crippen LogP contribution in [0.1, 0.15) is 34.1 Å². The Bertz CT molecular complexity index is 1560. The summed E-state index contributed by atoms with van der Waals surface area (Å²) >= 11 is 0. The Morgan fingerprint density at radius 2 is 1.86 bits per heavy atom. The second-order valence-corrected chi connectivity index (χ2v) is 8.33. The number of amides is 1. The number of fused-ring (bicyclic) bond motifs is 1. The van der Waals surface area contributed by atoms with E-state index >= 15 is 0 Å². The lowest BCUT2D eigenvalue weighted by Crippen LogP contribution is -2.22. The maximum absolute atomic E-state index is 13.5. The molecule has 0 spiro atoms. The van der Waals surface area contributed by atoms with Crippen molar-refractivity contribution in [1.82, 2.24) is 4.98 Å². The Morgan fingerprint density at radius 3 is 2.57 bits per heavy atom. The number of aryl methyl sites for hydroxylation is 2. The number of nitrogens with one attached hydrogen (secondary N) is 1. The molecule has 0 unspecified atom stereocenters. The lowest BCUT2D eigenvalue weighted by molar-refractivity contribution is -0.142. The van der Waals surface area contributed by atoms with Crippen molar-refractivity contribution in [2.24, 2.45) is 4.99 Å². The van der Waals surface area contributed by atoms with E-state index in [-0.39, 0.29) is 17.7 Å². The molecular formula is C28H27N3O6. The van der Waals surface area contributed by atoms with Gasteiger partial charge in [-0.15, -0.1) is 0 Å². The fourth-order valence-electron chi connectivity index (χ4n) is 3.74. The van der Waals surface area contributed by atoms with Gasteiger partial charge in [0.2, 0.25) is 5.55 Å². The summed E-state index contributed by atoms with van der Waals surface area (Å²) < 4.78 is 22.2. The van der Waals surface area contributed by atoms with Gasteiger partial charge >= 0.3 is 5.97 Å². The van der Waals surface area contributed by atoms with Crippen LogP contribution in [0.4, 0.5) is 11.4 Å². The van der Waals surface area contributed by atoms with Gasteiger partial charge in [0.05, 0.1) is 19.9 Å². The van der Waals surface area contributed by atoms with Gasteiger partial charge in [0, 0.05) is 35.8 Å². The number of anilines is 1. The van der Waals surface area contributed by atoms with Crippen LogP contribution in [0.5, 0.6) is 11.5 Å². The van der Waals surface area contributed by atoms with Crippen LogP contribution in [-0.4, -0.2) is 31.1 Å². The van der Waals surface area contributed by atoms with E-state index in [1.165, 1.54) is 14.0 Å². The molecule has 0 fully saturated rings. The molecule has 0 atom stereocenters. The van der Waals surface area contributed by atoms with Gasteiger partial charge in [-0.25, -0.2) is 4.99 Å². The second-order valence-electron chi connectivity index (χ2n) is 8.33. The number of pyridine rings is 1. The smallest absolute Gasteiger partial charge is 0.302 e. The molecule has 0 aliphatic rings. The van der Waals surface area contributed by atoms with Crippen molar-refractivity contribution < 1.29 is 28.2 Å². The molecule has 0 radical (unpaired) electrons.